The standard InChI is InChI=1S/C22H18F3N5O5S2/c1-4-36(31,32)18-7-13(14-10-28-30(11-14)21(2,3)12-26)9-27-19(18)20-29-16-8-15(5-6-17(16)35-20)37(33,34)22(23,24)25/h5-11H,4H2,1-3H3. The van der Waals surface area contributed by atoms with Crippen LogP contribution >= 0.6 is 0 Å². The second-order valence-corrected chi connectivity index (χ2v) is 12.6. The molecule has 0 N–H and O–H groups in total. The van der Waals surface area contributed by atoms with E-state index in [0.717, 1.165) is 12.1 Å². The molecule has 0 radical (unpaired) electrons. The molecule has 0 atom stereocenters. The van der Waals surface area contributed by atoms with E-state index >= 15 is 0 Å². The lowest BCUT2D eigenvalue weighted by molar-refractivity contribution is -0.0435. The Bertz CT molecular complexity index is 1780. The topological polar surface area (TPSA) is 149 Å². The molecule has 4 rings (SSSR count). The molecule has 4 aromatic rings. The van der Waals surface area contributed by atoms with Crippen LogP contribution in [0.3, 0.4) is 0 Å². The van der Waals surface area contributed by atoms with Gasteiger partial charge in [0.25, 0.3) is 9.84 Å². The van der Waals surface area contributed by atoms with Crippen LogP contribution in [0.2, 0.25) is 0 Å². The minimum absolute atomic E-state index is 0.0677. The Morgan fingerprint density at radius 3 is 2.41 bits per heavy atom. The molecule has 194 valence electrons. The lowest BCUT2D eigenvalue weighted by Crippen LogP contribution is -2.24. The summed E-state index contributed by atoms with van der Waals surface area (Å²) in [6.07, 6.45) is 4.34. The van der Waals surface area contributed by atoms with Crippen LogP contribution < -0.4 is 0 Å². The molecule has 0 amide bonds. The SMILES string of the molecule is CCS(=O)(=O)c1cc(-c2cnn(C(C)(C)C#N)c2)cnc1-c1nc2cc(S(=O)(=O)C(F)(F)F)ccc2o1. The van der Waals surface area contributed by atoms with Crippen molar-refractivity contribution in [2.24, 2.45) is 0 Å². The number of pyridine rings is 1. The van der Waals surface area contributed by atoms with Crippen LogP contribution in [-0.2, 0) is 25.2 Å². The summed E-state index contributed by atoms with van der Waals surface area (Å²) in [6.45, 7) is 4.72. The third-order valence-electron chi connectivity index (χ3n) is 5.51. The molecule has 0 fully saturated rings. The van der Waals surface area contributed by atoms with Gasteiger partial charge in [0.05, 0.1) is 27.8 Å². The number of nitrogens with zero attached hydrogens (tertiary/aromatic N) is 5. The highest BCUT2D eigenvalue weighted by Gasteiger charge is 2.47. The highest BCUT2D eigenvalue weighted by Crippen LogP contribution is 2.35. The van der Waals surface area contributed by atoms with Crippen LogP contribution in [0.5, 0.6) is 0 Å². The van der Waals surface area contributed by atoms with E-state index in [1.54, 1.807) is 20.0 Å². The van der Waals surface area contributed by atoms with Gasteiger partial charge in [-0.05, 0) is 38.1 Å². The normalized spacial score (nSPS) is 13.1. The van der Waals surface area contributed by atoms with Gasteiger partial charge in [-0.2, -0.15) is 23.5 Å². The Morgan fingerprint density at radius 2 is 1.78 bits per heavy atom. The maximum atomic E-state index is 12.9. The summed E-state index contributed by atoms with van der Waals surface area (Å²) in [6, 6.07) is 5.84. The number of hydrogen-bond acceptors (Lipinski definition) is 9. The van der Waals surface area contributed by atoms with Gasteiger partial charge in [-0.25, -0.2) is 26.8 Å². The van der Waals surface area contributed by atoms with Crippen molar-refractivity contribution in [2.75, 3.05) is 5.75 Å². The second kappa shape index (κ2) is 8.67. The summed E-state index contributed by atoms with van der Waals surface area (Å²) in [5.74, 6) is -0.628. The average molecular weight is 554 g/mol. The van der Waals surface area contributed by atoms with Crippen molar-refractivity contribution in [3.05, 3.63) is 42.9 Å². The fourth-order valence-electron chi connectivity index (χ4n) is 3.29. The number of hydrogen-bond donors (Lipinski definition) is 0. The van der Waals surface area contributed by atoms with E-state index in [4.69, 9.17) is 4.42 Å². The summed E-state index contributed by atoms with van der Waals surface area (Å²) in [4.78, 5) is 6.93. The summed E-state index contributed by atoms with van der Waals surface area (Å²) >= 11 is 0. The molecule has 15 heteroatoms. The van der Waals surface area contributed by atoms with Crippen molar-refractivity contribution >= 4 is 30.8 Å². The molecule has 0 saturated carbocycles. The number of rotatable bonds is 6. The highest BCUT2D eigenvalue weighted by atomic mass is 32.2. The summed E-state index contributed by atoms with van der Waals surface area (Å²) in [7, 11) is -9.54. The third-order valence-corrected chi connectivity index (χ3v) is 8.73. The minimum Gasteiger partial charge on any atom is -0.435 e. The molecular formula is C22H18F3N5O5S2. The molecule has 0 bridgehead atoms. The molecule has 0 unspecified atom stereocenters. The molecule has 37 heavy (non-hydrogen) atoms. The predicted molar refractivity (Wildman–Crippen MR) is 124 cm³/mol. The lowest BCUT2D eigenvalue weighted by atomic mass is 10.1. The van der Waals surface area contributed by atoms with Crippen LogP contribution in [0.25, 0.3) is 33.8 Å². The zero-order chi connectivity index (χ0) is 27.4. The van der Waals surface area contributed by atoms with E-state index in [0.29, 0.717) is 17.2 Å². The second-order valence-electron chi connectivity index (χ2n) is 8.42. The quantitative estimate of drug-likeness (QED) is 0.344. The highest BCUT2D eigenvalue weighted by molar-refractivity contribution is 7.92. The van der Waals surface area contributed by atoms with E-state index < -0.39 is 35.6 Å². The van der Waals surface area contributed by atoms with Gasteiger partial charge in [-0.3, -0.25) is 4.68 Å². The fraction of sp³-hybridized carbons (Fsp3) is 0.273. The maximum absolute atomic E-state index is 12.9. The van der Waals surface area contributed by atoms with Crippen molar-refractivity contribution < 1.29 is 34.4 Å². The molecule has 3 aromatic heterocycles. The van der Waals surface area contributed by atoms with E-state index in [1.165, 1.54) is 30.1 Å². The molecule has 10 nitrogen and oxygen atoms in total. The molecule has 0 aliphatic carbocycles. The van der Waals surface area contributed by atoms with Gasteiger partial charge in [0.1, 0.15) is 16.7 Å². The molecule has 0 spiro atoms. The average Bonchev–Trinajstić information content (AvgIpc) is 3.50. The van der Waals surface area contributed by atoms with Crippen molar-refractivity contribution in [1.82, 2.24) is 19.7 Å². The largest absolute Gasteiger partial charge is 0.501 e. The smallest absolute Gasteiger partial charge is 0.435 e. The van der Waals surface area contributed by atoms with E-state index in [9.17, 15) is 35.3 Å². The van der Waals surface area contributed by atoms with Gasteiger partial charge in [-0.1, -0.05) is 6.92 Å². The lowest BCUT2D eigenvalue weighted by Gasteiger charge is -2.15. The van der Waals surface area contributed by atoms with Gasteiger partial charge in [0.15, 0.2) is 15.4 Å². The van der Waals surface area contributed by atoms with Crippen molar-refractivity contribution in [2.45, 2.75) is 41.6 Å². The number of nitriles is 1. The number of benzene rings is 1. The Hall–Kier alpha value is -3.77. The van der Waals surface area contributed by atoms with Gasteiger partial charge in [0.2, 0.25) is 5.89 Å². The summed E-state index contributed by atoms with van der Waals surface area (Å²) in [5, 5.41) is 13.5. The van der Waals surface area contributed by atoms with E-state index in [2.05, 4.69) is 21.1 Å². The van der Waals surface area contributed by atoms with Crippen LogP contribution in [0.4, 0.5) is 13.2 Å². The number of aromatic nitrogens is 4. The zero-order valence-corrected chi connectivity index (χ0v) is 21.1. The van der Waals surface area contributed by atoms with Crippen molar-refractivity contribution in [3.8, 4) is 28.8 Å². The van der Waals surface area contributed by atoms with Gasteiger partial charge in [-0.15, -0.1) is 0 Å². The number of oxazole rings is 1. The Labute approximate surface area is 209 Å². The Kier molecular flexibility index (Phi) is 6.16. The first-order chi connectivity index (χ1) is 17.1. The van der Waals surface area contributed by atoms with E-state index in [-0.39, 0.29) is 33.3 Å². The van der Waals surface area contributed by atoms with Gasteiger partial charge >= 0.3 is 5.51 Å². The molecule has 3 heterocycles. The number of fused-ring (bicyclic) bond motifs is 1. The molecule has 0 saturated heterocycles. The van der Waals surface area contributed by atoms with Crippen LogP contribution in [0.1, 0.15) is 20.8 Å². The predicted octanol–water partition coefficient (Wildman–Crippen LogP) is 4.10. The Balaban J connectivity index is 1.85. The van der Waals surface area contributed by atoms with Crippen LogP contribution in [0, 0.1) is 11.3 Å². The monoisotopic (exact) mass is 553 g/mol. The number of alkyl halides is 3. The Morgan fingerprint density at radius 1 is 1.08 bits per heavy atom. The number of halogens is 3. The van der Waals surface area contributed by atoms with Crippen LogP contribution in [-0.4, -0.2) is 47.8 Å². The summed E-state index contributed by atoms with van der Waals surface area (Å²) in [5.41, 5.74) is -6.12. The molecular weight excluding hydrogens is 535 g/mol. The zero-order valence-electron chi connectivity index (χ0n) is 19.5. The van der Waals surface area contributed by atoms with Gasteiger partial charge in [0, 0.05) is 23.5 Å². The summed E-state index contributed by atoms with van der Waals surface area (Å²) < 4.78 is 95.1. The molecule has 0 aliphatic rings. The fourth-order valence-corrected chi connectivity index (χ4v) is 5.13. The first-order valence-electron chi connectivity index (χ1n) is 10.5. The number of sulfone groups is 2. The first-order valence-corrected chi connectivity index (χ1v) is 13.7. The minimum atomic E-state index is -5.63. The van der Waals surface area contributed by atoms with E-state index in [1.807, 2.05) is 0 Å². The third kappa shape index (κ3) is 4.58. The first kappa shape index (κ1) is 26.3. The molecule has 0 aliphatic heterocycles. The van der Waals surface area contributed by atoms with Gasteiger partial charge < -0.3 is 4.42 Å². The molecule has 1 aromatic carbocycles. The van der Waals surface area contributed by atoms with Crippen LogP contribution in [0.15, 0.2) is 57.1 Å². The van der Waals surface area contributed by atoms with Crippen molar-refractivity contribution in [1.29, 1.82) is 5.26 Å². The van der Waals surface area contributed by atoms with Crippen molar-refractivity contribution in [3.63, 3.8) is 0 Å². The maximum Gasteiger partial charge on any atom is 0.501 e.